The van der Waals surface area contributed by atoms with E-state index in [2.05, 4.69) is 0 Å². The van der Waals surface area contributed by atoms with Crippen molar-refractivity contribution >= 4 is 17.7 Å². The number of nitrogens with two attached hydrogens (primary N) is 1. The lowest BCUT2D eigenvalue weighted by Crippen LogP contribution is -2.31. The minimum atomic E-state index is -1.23. The fourth-order valence-electron chi connectivity index (χ4n) is 1.91. The molecule has 0 radical (unpaired) electrons. The second kappa shape index (κ2) is 3.94. The molecule has 0 saturated carbocycles. The first-order valence-electron chi connectivity index (χ1n) is 5.01. The number of hydrogen-bond donors (Lipinski definition) is 2. The predicted octanol–water partition coefficient (Wildman–Crippen LogP) is 0.755. The average molecular weight is 220 g/mol. The van der Waals surface area contributed by atoms with Crippen molar-refractivity contribution in [3.8, 4) is 0 Å². The molecule has 0 unspecified atom stereocenters. The highest BCUT2D eigenvalue weighted by Gasteiger charge is 2.32. The van der Waals surface area contributed by atoms with Gasteiger partial charge in [-0.1, -0.05) is 12.1 Å². The molecule has 2 rings (SSSR count). The van der Waals surface area contributed by atoms with Crippen molar-refractivity contribution in [3.63, 3.8) is 0 Å². The standard InChI is InChI=1S/C11H12N2O3/c12-4-3-7-1-2-9-8(5-7)6-10(14)13(9)11(15)16/h1-2,5H,3-4,6,12H2,(H,15,16). The zero-order valence-corrected chi connectivity index (χ0v) is 8.64. The lowest BCUT2D eigenvalue weighted by molar-refractivity contribution is -0.116. The average Bonchev–Trinajstić information content (AvgIpc) is 2.53. The van der Waals surface area contributed by atoms with Gasteiger partial charge in [0.25, 0.3) is 0 Å². The minimum Gasteiger partial charge on any atom is -0.464 e. The van der Waals surface area contributed by atoms with Gasteiger partial charge < -0.3 is 10.8 Å². The number of rotatable bonds is 2. The van der Waals surface area contributed by atoms with Crippen LogP contribution in [0.2, 0.25) is 0 Å². The van der Waals surface area contributed by atoms with Gasteiger partial charge in [0.15, 0.2) is 0 Å². The monoisotopic (exact) mass is 220 g/mol. The lowest BCUT2D eigenvalue weighted by atomic mass is 10.1. The van der Waals surface area contributed by atoms with E-state index >= 15 is 0 Å². The topological polar surface area (TPSA) is 83.6 Å². The zero-order valence-electron chi connectivity index (χ0n) is 8.64. The first-order valence-corrected chi connectivity index (χ1v) is 5.01. The van der Waals surface area contributed by atoms with E-state index < -0.39 is 12.0 Å². The molecule has 1 aliphatic rings. The Balaban J connectivity index is 2.38. The Morgan fingerprint density at radius 2 is 2.25 bits per heavy atom. The SMILES string of the molecule is NCCc1ccc2c(c1)CC(=O)N2C(=O)O. The minimum absolute atomic E-state index is 0.153. The van der Waals surface area contributed by atoms with Crippen molar-refractivity contribution in [3.05, 3.63) is 29.3 Å². The van der Waals surface area contributed by atoms with E-state index in [0.717, 1.165) is 22.4 Å². The molecule has 0 aliphatic carbocycles. The Bertz CT molecular complexity index is 457. The molecule has 1 aromatic rings. The number of amides is 2. The summed E-state index contributed by atoms with van der Waals surface area (Å²) >= 11 is 0. The summed E-state index contributed by atoms with van der Waals surface area (Å²) in [7, 11) is 0. The second-order valence-corrected chi connectivity index (χ2v) is 3.69. The first-order chi connectivity index (χ1) is 7.63. The van der Waals surface area contributed by atoms with E-state index in [1.165, 1.54) is 0 Å². The lowest BCUT2D eigenvalue weighted by Gasteiger charge is -2.10. The Morgan fingerprint density at radius 3 is 2.88 bits per heavy atom. The number of anilines is 1. The molecule has 3 N–H and O–H groups in total. The second-order valence-electron chi connectivity index (χ2n) is 3.69. The van der Waals surface area contributed by atoms with Gasteiger partial charge in [-0.05, 0) is 30.2 Å². The van der Waals surface area contributed by atoms with Crippen molar-refractivity contribution in [2.75, 3.05) is 11.4 Å². The third-order valence-electron chi connectivity index (χ3n) is 2.60. The maximum absolute atomic E-state index is 11.5. The summed E-state index contributed by atoms with van der Waals surface area (Å²) in [5.74, 6) is -0.396. The number of nitrogens with zero attached hydrogens (tertiary/aromatic N) is 1. The first kappa shape index (κ1) is 10.6. The third kappa shape index (κ3) is 1.65. The molecule has 0 saturated heterocycles. The summed E-state index contributed by atoms with van der Waals surface area (Å²) in [5, 5.41) is 8.89. The third-order valence-corrected chi connectivity index (χ3v) is 2.60. The van der Waals surface area contributed by atoms with Crippen molar-refractivity contribution < 1.29 is 14.7 Å². The van der Waals surface area contributed by atoms with Gasteiger partial charge in [0.2, 0.25) is 5.91 Å². The van der Waals surface area contributed by atoms with E-state index in [1.54, 1.807) is 12.1 Å². The molecule has 0 aromatic heterocycles. The molecule has 1 aliphatic heterocycles. The van der Waals surface area contributed by atoms with Gasteiger partial charge in [-0.25, -0.2) is 9.69 Å². The predicted molar refractivity (Wildman–Crippen MR) is 58.4 cm³/mol. The smallest absolute Gasteiger partial charge is 0.418 e. The molecular weight excluding hydrogens is 208 g/mol. The van der Waals surface area contributed by atoms with Gasteiger partial charge in [0.05, 0.1) is 12.1 Å². The number of benzene rings is 1. The molecule has 16 heavy (non-hydrogen) atoms. The summed E-state index contributed by atoms with van der Waals surface area (Å²) in [6, 6.07) is 5.32. The van der Waals surface area contributed by atoms with Gasteiger partial charge in [0, 0.05) is 0 Å². The van der Waals surface area contributed by atoms with E-state index in [0.29, 0.717) is 12.2 Å². The Morgan fingerprint density at radius 1 is 1.50 bits per heavy atom. The van der Waals surface area contributed by atoms with Gasteiger partial charge in [-0.15, -0.1) is 0 Å². The van der Waals surface area contributed by atoms with Crippen molar-refractivity contribution in [2.45, 2.75) is 12.8 Å². The molecule has 0 spiro atoms. The quantitative estimate of drug-likeness (QED) is 0.770. The van der Waals surface area contributed by atoms with Crippen LogP contribution in [-0.4, -0.2) is 23.7 Å². The van der Waals surface area contributed by atoms with Gasteiger partial charge in [-0.3, -0.25) is 4.79 Å². The molecule has 0 atom stereocenters. The molecular formula is C11H12N2O3. The van der Waals surface area contributed by atoms with E-state index in [4.69, 9.17) is 10.8 Å². The molecule has 84 valence electrons. The molecule has 5 heteroatoms. The maximum atomic E-state index is 11.5. The highest BCUT2D eigenvalue weighted by atomic mass is 16.4. The van der Waals surface area contributed by atoms with Crippen LogP contribution in [0.4, 0.5) is 10.5 Å². The molecule has 0 fully saturated rings. The summed E-state index contributed by atoms with van der Waals surface area (Å²) in [5.41, 5.74) is 7.70. The van der Waals surface area contributed by atoms with Crippen molar-refractivity contribution in [1.82, 2.24) is 0 Å². The Labute approximate surface area is 92.5 Å². The number of carbonyl (C=O) groups excluding carboxylic acids is 1. The maximum Gasteiger partial charge on any atom is 0.418 e. The molecule has 5 nitrogen and oxygen atoms in total. The Hall–Kier alpha value is -1.88. The van der Waals surface area contributed by atoms with Crippen molar-refractivity contribution in [1.29, 1.82) is 0 Å². The number of carboxylic acid groups (broad SMARTS) is 1. The molecule has 1 heterocycles. The Kier molecular flexibility index (Phi) is 2.62. The number of hydrogen-bond acceptors (Lipinski definition) is 3. The van der Waals surface area contributed by atoms with Crippen LogP contribution in [0, 0.1) is 0 Å². The fourth-order valence-corrected chi connectivity index (χ4v) is 1.91. The van der Waals surface area contributed by atoms with Crippen molar-refractivity contribution in [2.24, 2.45) is 5.73 Å². The van der Waals surface area contributed by atoms with Crippen LogP contribution in [0.15, 0.2) is 18.2 Å². The van der Waals surface area contributed by atoms with Crippen LogP contribution in [0.1, 0.15) is 11.1 Å². The number of imide groups is 1. The zero-order chi connectivity index (χ0) is 11.7. The summed E-state index contributed by atoms with van der Waals surface area (Å²) in [6.07, 6.45) is -0.343. The van der Waals surface area contributed by atoms with Gasteiger partial charge >= 0.3 is 6.09 Å². The van der Waals surface area contributed by atoms with E-state index in [9.17, 15) is 9.59 Å². The summed E-state index contributed by atoms with van der Waals surface area (Å²) < 4.78 is 0. The largest absolute Gasteiger partial charge is 0.464 e. The van der Waals surface area contributed by atoms with Crippen LogP contribution in [0.3, 0.4) is 0 Å². The fraction of sp³-hybridized carbons (Fsp3) is 0.273. The van der Waals surface area contributed by atoms with Crippen LogP contribution in [0.25, 0.3) is 0 Å². The highest BCUT2D eigenvalue weighted by Crippen LogP contribution is 2.29. The van der Waals surface area contributed by atoms with E-state index in [1.807, 2.05) is 6.07 Å². The summed E-state index contributed by atoms with van der Waals surface area (Å²) in [4.78, 5) is 23.1. The highest BCUT2D eigenvalue weighted by molar-refractivity contribution is 6.16. The molecule has 0 bridgehead atoms. The summed E-state index contributed by atoms with van der Waals surface area (Å²) in [6.45, 7) is 0.537. The van der Waals surface area contributed by atoms with Crippen LogP contribution < -0.4 is 10.6 Å². The van der Waals surface area contributed by atoms with Crippen LogP contribution in [-0.2, 0) is 17.6 Å². The van der Waals surface area contributed by atoms with Crippen LogP contribution >= 0.6 is 0 Å². The molecule has 2 amide bonds. The number of carbonyl (C=O) groups is 2. The van der Waals surface area contributed by atoms with E-state index in [-0.39, 0.29) is 6.42 Å². The normalized spacial score (nSPS) is 14.1. The molecule has 1 aromatic carbocycles. The number of fused-ring (bicyclic) bond motifs is 1. The van der Waals surface area contributed by atoms with Gasteiger partial charge in [-0.2, -0.15) is 0 Å². The van der Waals surface area contributed by atoms with Gasteiger partial charge in [0.1, 0.15) is 0 Å². The van der Waals surface area contributed by atoms with Crippen LogP contribution in [0.5, 0.6) is 0 Å².